The minimum atomic E-state index is -0.503. The first-order valence-corrected chi connectivity index (χ1v) is 13.7. The molecule has 40 heavy (non-hydrogen) atoms. The van der Waals surface area contributed by atoms with Crippen molar-refractivity contribution in [1.29, 1.82) is 5.26 Å². The molecular weight excluding hydrogens is 500 g/mol. The Balaban J connectivity index is 1.59. The molecule has 1 aromatic heterocycles. The number of hydrogen-bond donors (Lipinski definition) is 1. The van der Waals surface area contributed by atoms with Gasteiger partial charge in [-0.25, -0.2) is 4.68 Å². The Morgan fingerprint density at radius 1 is 0.925 bits per heavy atom. The van der Waals surface area contributed by atoms with Crippen LogP contribution in [0, 0.1) is 11.3 Å². The molecule has 4 rings (SSSR count). The van der Waals surface area contributed by atoms with Crippen LogP contribution in [-0.4, -0.2) is 28.9 Å². The SMILES string of the molecule is CCCCCCOc1ccc(-c2nn(-c3ccccc3)cc2C=C(C#N)C(=O)Nc2ccc(OCC)cc2)cc1. The van der Waals surface area contributed by atoms with E-state index < -0.39 is 5.91 Å². The Hall–Kier alpha value is -4.83. The van der Waals surface area contributed by atoms with Gasteiger partial charge in [0.1, 0.15) is 23.1 Å². The molecule has 7 heteroatoms. The van der Waals surface area contributed by atoms with Crippen LogP contribution in [0.25, 0.3) is 23.0 Å². The number of carbonyl (C=O) groups is 1. The van der Waals surface area contributed by atoms with Crippen molar-refractivity contribution >= 4 is 17.7 Å². The van der Waals surface area contributed by atoms with Crippen molar-refractivity contribution in [1.82, 2.24) is 9.78 Å². The van der Waals surface area contributed by atoms with Crippen LogP contribution in [0.3, 0.4) is 0 Å². The van der Waals surface area contributed by atoms with Gasteiger partial charge in [-0.1, -0.05) is 44.4 Å². The largest absolute Gasteiger partial charge is 0.494 e. The lowest BCUT2D eigenvalue weighted by atomic mass is 10.1. The normalized spacial score (nSPS) is 11.1. The summed E-state index contributed by atoms with van der Waals surface area (Å²) < 4.78 is 13.1. The molecule has 1 heterocycles. The molecule has 1 N–H and O–H groups in total. The monoisotopic (exact) mass is 534 g/mol. The molecule has 4 aromatic rings. The molecule has 0 aliphatic rings. The second-order valence-corrected chi connectivity index (χ2v) is 9.23. The van der Waals surface area contributed by atoms with Gasteiger partial charge in [-0.3, -0.25) is 4.79 Å². The molecule has 3 aromatic carbocycles. The number of anilines is 1. The molecule has 0 aliphatic carbocycles. The highest BCUT2D eigenvalue weighted by atomic mass is 16.5. The number of ether oxygens (including phenoxy) is 2. The van der Waals surface area contributed by atoms with Gasteiger partial charge in [-0.15, -0.1) is 0 Å². The lowest BCUT2D eigenvalue weighted by molar-refractivity contribution is -0.112. The summed E-state index contributed by atoms with van der Waals surface area (Å²) in [4.78, 5) is 13.0. The number of benzene rings is 3. The van der Waals surface area contributed by atoms with Crippen LogP contribution in [-0.2, 0) is 4.79 Å². The fraction of sp³-hybridized carbons (Fsp3) is 0.242. The highest BCUT2D eigenvalue weighted by molar-refractivity contribution is 6.10. The van der Waals surface area contributed by atoms with Crippen molar-refractivity contribution in [2.75, 3.05) is 18.5 Å². The van der Waals surface area contributed by atoms with E-state index in [9.17, 15) is 10.1 Å². The van der Waals surface area contributed by atoms with Crippen LogP contribution in [0.5, 0.6) is 11.5 Å². The summed E-state index contributed by atoms with van der Waals surface area (Å²) in [6, 6.07) is 26.5. The first-order valence-electron chi connectivity index (χ1n) is 13.7. The zero-order valence-corrected chi connectivity index (χ0v) is 23.0. The Bertz CT molecular complexity index is 1450. The fourth-order valence-corrected chi connectivity index (χ4v) is 4.16. The Kier molecular flexibility index (Phi) is 10.1. The molecule has 0 bridgehead atoms. The minimum Gasteiger partial charge on any atom is -0.494 e. The third kappa shape index (κ3) is 7.61. The number of hydrogen-bond acceptors (Lipinski definition) is 5. The van der Waals surface area contributed by atoms with Crippen LogP contribution in [0.1, 0.15) is 45.1 Å². The molecule has 204 valence electrons. The summed E-state index contributed by atoms with van der Waals surface area (Å²) in [5.41, 5.74) is 3.56. The van der Waals surface area contributed by atoms with Gasteiger partial charge in [-0.05, 0) is 80.1 Å². The van der Waals surface area contributed by atoms with Crippen LogP contribution in [0.15, 0.2) is 90.6 Å². The van der Waals surface area contributed by atoms with Gasteiger partial charge in [0, 0.05) is 23.0 Å². The highest BCUT2D eigenvalue weighted by Crippen LogP contribution is 2.28. The zero-order valence-electron chi connectivity index (χ0n) is 23.0. The summed E-state index contributed by atoms with van der Waals surface area (Å²) in [6.07, 6.45) is 7.99. The molecule has 0 unspecified atom stereocenters. The molecule has 0 fully saturated rings. The third-order valence-electron chi connectivity index (χ3n) is 6.25. The third-order valence-corrected chi connectivity index (χ3v) is 6.25. The lowest BCUT2D eigenvalue weighted by Crippen LogP contribution is -2.13. The lowest BCUT2D eigenvalue weighted by Gasteiger charge is -2.07. The molecular formula is C33H34N4O3. The van der Waals surface area contributed by atoms with Crippen molar-refractivity contribution < 1.29 is 14.3 Å². The van der Waals surface area contributed by atoms with Crippen molar-refractivity contribution in [2.45, 2.75) is 39.5 Å². The van der Waals surface area contributed by atoms with E-state index in [4.69, 9.17) is 14.6 Å². The van der Waals surface area contributed by atoms with Gasteiger partial charge in [0.15, 0.2) is 0 Å². The van der Waals surface area contributed by atoms with Crippen molar-refractivity contribution in [3.8, 4) is 34.5 Å². The molecule has 7 nitrogen and oxygen atoms in total. The Labute approximate surface area is 235 Å². The zero-order chi connectivity index (χ0) is 28.2. The number of rotatable bonds is 13. The minimum absolute atomic E-state index is 0.0326. The van der Waals surface area contributed by atoms with Gasteiger partial charge < -0.3 is 14.8 Å². The molecule has 0 saturated heterocycles. The van der Waals surface area contributed by atoms with Crippen LogP contribution < -0.4 is 14.8 Å². The van der Waals surface area contributed by atoms with E-state index >= 15 is 0 Å². The molecule has 0 aliphatic heterocycles. The average molecular weight is 535 g/mol. The maximum Gasteiger partial charge on any atom is 0.266 e. The van der Waals surface area contributed by atoms with Gasteiger partial charge in [0.05, 0.1) is 24.6 Å². The Morgan fingerprint density at radius 3 is 2.30 bits per heavy atom. The summed E-state index contributed by atoms with van der Waals surface area (Å²) in [7, 11) is 0. The number of aromatic nitrogens is 2. The van der Waals surface area contributed by atoms with E-state index in [1.807, 2.05) is 73.8 Å². The van der Waals surface area contributed by atoms with E-state index in [2.05, 4.69) is 12.2 Å². The van der Waals surface area contributed by atoms with Crippen molar-refractivity contribution in [3.63, 3.8) is 0 Å². The average Bonchev–Trinajstić information content (AvgIpc) is 3.41. The van der Waals surface area contributed by atoms with E-state index in [1.165, 1.54) is 12.8 Å². The number of para-hydroxylation sites is 1. The first kappa shape index (κ1) is 28.2. The summed E-state index contributed by atoms with van der Waals surface area (Å²) >= 11 is 0. The van der Waals surface area contributed by atoms with E-state index in [-0.39, 0.29) is 5.57 Å². The molecule has 0 saturated carbocycles. The smallest absolute Gasteiger partial charge is 0.266 e. The molecule has 0 radical (unpaired) electrons. The maximum atomic E-state index is 13.0. The van der Waals surface area contributed by atoms with Crippen LogP contribution >= 0.6 is 0 Å². The first-order chi connectivity index (χ1) is 19.6. The fourth-order valence-electron chi connectivity index (χ4n) is 4.16. The second-order valence-electron chi connectivity index (χ2n) is 9.23. The highest BCUT2D eigenvalue weighted by Gasteiger charge is 2.16. The van der Waals surface area contributed by atoms with Gasteiger partial charge in [0.25, 0.3) is 5.91 Å². The van der Waals surface area contributed by atoms with Crippen LogP contribution in [0.4, 0.5) is 5.69 Å². The molecule has 0 atom stereocenters. The van der Waals surface area contributed by atoms with Gasteiger partial charge >= 0.3 is 0 Å². The standard InChI is InChI=1S/C33H34N4O3/c1-3-5-6-10-21-40-31-17-13-25(14-18-31)32-27(24-37(36-32)29-11-8-7-9-12-29)22-26(23-34)33(38)35-28-15-19-30(20-16-28)39-4-2/h7-9,11-20,22,24H,3-6,10,21H2,1-2H3,(H,35,38). The predicted octanol–water partition coefficient (Wildman–Crippen LogP) is 7.44. The topological polar surface area (TPSA) is 89.2 Å². The van der Waals surface area contributed by atoms with Crippen molar-refractivity contribution in [3.05, 3.63) is 96.2 Å². The van der Waals surface area contributed by atoms with E-state index in [0.717, 1.165) is 29.8 Å². The maximum absolute atomic E-state index is 13.0. The van der Waals surface area contributed by atoms with E-state index in [1.54, 1.807) is 35.0 Å². The number of unbranched alkanes of at least 4 members (excludes halogenated alkanes) is 3. The number of amides is 1. The number of carbonyl (C=O) groups excluding carboxylic acids is 1. The number of nitriles is 1. The van der Waals surface area contributed by atoms with Gasteiger partial charge in [-0.2, -0.15) is 10.4 Å². The van der Waals surface area contributed by atoms with Crippen LogP contribution in [0.2, 0.25) is 0 Å². The number of nitrogens with one attached hydrogen (secondary N) is 1. The number of nitrogens with zero attached hydrogens (tertiary/aromatic N) is 3. The summed E-state index contributed by atoms with van der Waals surface area (Å²) in [5, 5.41) is 17.5. The van der Waals surface area contributed by atoms with Crippen molar-refractivity contribution in [2.24, 2.45) is 0 Å². The second kappa shape index (κ2) is 14.4. The Morgan fingerprint density at radius 2 is 1.62 bits per heavy atom. The predicted molar refractivity (Wildman–Crippen MR) is 158 cm³/mol. The van der Waals surface area contributed by atoms with Gasteiger partial charge in [0.2, 0.25) is 0 Å². The molecule has 0 spiro atoms. The molecule has 1 amide bonds. The van der Waals surface area contributed by atoms with E-state index in [0.29, 0.717) is 35.9 Å². The summed E-state index contributed by atoms with van der Waals surface area (Å²) in [6.45, 7) is 5.34. The quantitative estimate of drug-likeness (QED) is 0.109. The summed E-state index contributed by atoms with van der Waals surface area (Å²) in [5.74, 6) is 1.01.